The molecule has 0 radical (unpaired) electrons. The van der Waals surface area contributed by atoms with Gasteiger partial charge in [-0.2, -0.15) is 0 Å². The van der Waals surface area contributed by atoms with E-state index in [0.29, 0.717) is 40.4 Å². The van der Waals surface area contributed by atoms with Crippen molar-refractivity contribution < 1.29 is 13.9 Å². The molecule has 4 aromatic rings. The average Bonchev–Trinajstić information content (AvgIpc) is 3.36. The van der Waals surface area contributed by atoms with Gasteiger partial charge < -0.3 is 13.7 Å². The van der Waals surface area contributed by atoms with Crippen LogP contribution in [0.4, 0.5) is 0 Å². The minimum atomic E-state index is -0.354. The monoisotopic (exact) mass is 408 g/mol. The summed E-state index contributed by atoms with van der Waals surface area (Å²) in [6.07, 6.45) is 1.60. The first-order valence-corrected chi connectivity index (χ1v) is 10.2. The van der Waals surface area contributed by atoms with Crippen molar-refractivity contribution in [3.63, 3.8) is 0 Å². The van der Waals surface area contributed by atoms with Crippen molar-refractivity contribution >= 4 is 28.6 Å². The molecule has 148 valence electrons. The first-order chi connectivity index (χ1) is 14.1. The van der Waals surface area contributed by atoms with Gasteiger partial charge in [-0.15, -0.1) is 10.2 Å². The number of nitrogens with zero attached hydrogens (tertiary/aromatic N) is 4. The summed E-state index contributed by atoms with van der Waals surface area (Å²) in [5, 5.41) is 10.1. The van der Waals surface area contributed by atoms with Crippen LogP contribution in [0.15, 0.2) is 52.2 Å². The number of aromatic nitrogens is 4. The molecule has 0 saturated carbocycles. The number of thioether (sulfide) groups is 1. The van der Waals surface area contributed by atoms with Gasteiger partial charge in [0.15, 0.2) is 16.7 Å². The van der Waals surface area contributed by atoms with E-state index in [0.717, 1.165) is 16.5 Å². The van der Waals surface area contributed by atoms with Crippen LogP contribution in [0.3, 0.4) is 0 Å². The molecular formula is C21H20N4O3S. The zero-order valence-electron chi connectivity index (χ0n) is 16.4. The van der Waals surface area contributed by atoms with E-state index in [1.54, 1.807) is 13.2 Å². The van der Waals surface area contributed by atoms with E-state index in [1.165, 1.54) is 11.8 Å². The molecule has 7 nitrogen and oxygen atoms in total. The van der Waals surface area contributed by atoms with Gasteiger partial charge in [0.05, 0.1) is 29.6 Å². The van der Waals surface area contributed by atoms with Gasteiger partial charge in [0, 0.05) is 18.2 Å². The van der Waals surface area contributed by atoms with E-state index in [2.05, 4.69) is 10.2 Å². The number of furan rings is 1. The topological polar surface area (TPSA) is 83.0 Å². The summed E-state index contributed by atoms with van der Waals surface area (Å²) in [5.41, 5.74) is 2.92. The summed E-state index contributed by atoms with van der Waals surface area (Å²) < 4.78 is 12.6. The first kappa shape index (κ1) is 19.2. The Morgan fingerprint density at radius 3 is 2.79 bits per heavy atom. The van der Waals surface area contributed by atoms with Crippen LogP contribution in [0, 0.1) is 6.92 Å². The lowest BCUT2D eigenvalue weighted by Gasteiger charge is -2.13. The van der Waals surface area contributed by atoms with Crippen molar-refractivity contribution in [2.45, 2.75) is 24.8 Å². The third-order valence-electron chi connectivity index (χ3n) is 4.62. The van der Waals surface area contributed by atoms with Crippen LogP contribution in [0.1, 0.15) is 28.5 Å². The molecule has 0 N–H and O–H groups in total. The Hall–Kier alpha value is -3.13. The summed E-state index contributed by atoms with van der Waals surface area (Å²) in [7, 11) is 1.88. The van der Waals surface area contributed by atoms with E-state index < -0.39 is 0 Å². The van der Waals surface area contributed by atoms with Crippen LogP contribution >= 0.6 is 11.8 Å². The molecule has 0 aliphatic heterocycles. The maximum atomic E-state index is 12.7. The van der Waals surface area contributed by atoms with Crippen molar-refractivity contribution in [1.29, 1.82) is 0 Å². The number of benzene rings is 1. The number of hydrogen-bond donors (Lipinski definition) is 0. The van der Waals surface area contributed by atoms with Gasteiger partial charge in [-0.25, -0.2) is 4.79 Å². The fourth-order valence-corrected chi connectivity index (χ4v) is 4.07. The van der Waals surface area contributed by atoms with Gasteiger partial charge in [-0.1, -0.05) is 30.0 Å². The van der Waals surface area contributed by atoms with Gasteiger partial charge in [-0.3, -0.25) is 4.98 Å². The van der Waals surface area contributed by atoms with E-state index in [9.17, 15) is 4.79 Å². The quantitative estimate of drug-likeness (QED) is 0.345. The number of hydrogen-bond acceptors (Lipinski definition) is 7. The lowest BCUT2D eigenvalue weighted by molar-refractivity contribution is 0.0524. The maximum absolute atomic E-state index is 12.7. The number of para-hydroxylation sites is 1. The number of esters is 1. The second-order valence-electron chi connectivity index (χ2n) is 6.43. The van der Waals surface area contributed by atoms with E-state index >= 15 is 0 Å². The Morgan fingerprint density at radius 2 is 2.03 bits per heavy atom. The summed E-state index contributed by atoms with van der Waals surface area (Å²) in [5.74, 6) is 1.40. The molecule has 0 atom stereocenters. The van der Waals surface area contributed by atoms with E-state index in [4.69, 9.17) is 14.1 Å². The summed E-state index contributed by atoms with van der Waals surface area (Å²) in [6, 6.07) is 11.4. The molecule has 3 aromatic heterocycles. The SMILES string of the molecule is CCOC(=O)c1c(CSc2nnc(-c3ccco3)n2C)nc2ccccc2c1C. The number of fused-ring (bicyclic) bond motifs is 1. The molecule has 3 heterocycles. The summed E-state index contributed by atoms with van der Waals surface area (Å²) in [6.45, 7) is 4.04. The van der Waals surface area contributed by atoms with Crippen LogP contribution in [0.25, 0.3) is 22.5 Å². The van der Waals surface area contributed by atoms with Crippen LogP contribution in [-0.4, -0.2) is 32.3 Å². The molecule has 0 bridgehead atoms. The van der Waals surface area contributed by atoms with Crippen LogP contribution in [-0.2, 0) is 17.5 Å². The third kappa shape index (κ3) is 3.63. The van der Waals surface area contributed by atoms with Crippen molar-refractivity contribution in [3.05, 3.63) is 59.5 Å². The Balaban J connectivity index is 1.69. The van der Waals surface area contributed by atoms with Gasteiger partial charge in [-0.05, 0) is 37.6 Å². The number of ether oxygens (including phenoxy) is 1. The smallest absolute Gasteiger partial charge is 0.340 e. The molecule has 0 aliphatic carbocycles. The lowest BCUT2D eigenvalue weighted by Crippen LogP contribution is -2.12. The summed E-state index contributed by atoms with van der Waals surface area (Å²) in [4.78, 5) is 17.4. The predicted octanol–water partition coefficient (Wildman–Crippen LogP) is 4.40. The standard InChI is InChI=1S/C21H20N4O3S/c1-4-27-20(26)18-13(2)14-8-5-6-9-15(14)22-16(18)12-29-21-24-23-19(25(21)3)17-10-7-11-28-17/h5-11H,4,12H2,1-3H3. The Morgan fingerprint density at radius 1 is 1.21 bits per heavy atom. The molecule has 1 aromatic carbocycles. The van der Waals surface area contributed by atoms with Crippen molar-refractivity contribution in [1.82, 2.24) is 19.7 Å². The van der Waals surface area contributed by atoms with Crippen LogP contribution in [0.5, 0.6) is 0 Å². The van der Waals surface area contributed by atoms with E-state index in [-0.39, 0.29) is 5.97 Å². The minimum Gasteiger partial charge on any atom is -0.462 e. The molecule has 4 rings (SSSR count). The van der Waals surface area contributed by atoms with E-state index in [1.807, 2.05) is 54.9 Å². The van der Waals surface area contributed by atoms with Crippen molar-refractivity contribution in [3.8, 4) is 11.6 Å². The van der Waals surface area contributed by atoms with Crippen molar-refractivity contribution in [2.24, 2.45) is 7.05 Å². The number of pyridine rings is 1. The van der Waals surface area contributed by atoms with Gasteiger partial charge in [0.2, 0.25) is 0 Å². The lowest BCUT2D eigenvalue weighted by atomic mass is 10.0. The van der Waals surface area contributed by atoms with Gasteiger partial charge in [0.25, 0.3) is 0 Å². The van der Waals surface area contributed by atoms with Crippen LogP contribution in [0.2, 0.25) is 0 Å². The zero-order chi connectivity index (χ0) is 20.4. The molecule has 0 unspecified atom stereocenters. The average molecular weight is 408 g/mol. The zero-order valence-corrected chi connectivity index (χ0v) is 17.2. The predicted molar refractivity (Wildman–Crippen MR) is 111 cm³/mol. The number of aryl methyl sites for hydroxylation is 1. The normalized spacial score (nSPS) is 11.1. The Bertz CT molecular complexity index is 1170. The maximum Gasteiger partial charge on any atom is 0.340 e. The molecule has 0 spiro atoms. The molecular weight excluding hydrogens is 388 g/mol. The largest absolute Gasteiger partial charge is 0.462 e. The number of carbonyl (C=O) groups excluding carboxylic acids is 1. The second kappa shape index (κ2) is 8.08. The first-order valence-electron chi connectivity index (χ1n) is 9.21. The molecule has 0 aliphatic rings. The number of carbonyl (C=O) groups is 1. The number of rotatable bonds is 6. The highest BCUT2D eigenvalue weighted by molar-refractivity contribution is 7.98. The second-order valence-corrected chi connectivity index (χ2v) is 7.37. The molecule has 8 heteroatoms. The minimum absolute atomic E-state index is 0.313. The third-order valence-corrected chi connectivity index (χ3v) is 5.65. The molecule has 29 heavy (non-hydrogen) atoms. The fourth-order valence-electron chi connectivity index (χ4n) is 3.21. The highest BCUT2D eigenvalue weighted by atomic mass is 32.2. The van der Waals surface area contributed by atoms with Crippen LogP contribution < -0.4 is 0 Å². The van der Waals surface area contributed by atoms with Crippen molar-refractivity contribution in [2.75, 3.05) is 6.61 Å². The Labute approximate surface area is 172 Å². The molecule has 0 amide bonds. The molecule has 0 fully saturated rings. The van der Waals surface area contributed by atoms with Gasteiger partial charge in [0.1, 0.15) is 0 Å². The Kier molecular flexibility index (Phi) is 5.35. The highest BCUT2D eigenvalue weighted by Gasteiger charge is 2.21. The van der Waals surface area contributed by atoms with Gasteiger partial charge >= 0.3 is 5.97 Å². The molecule has 0 saturated heterocycles. The summed E-state index contributed by atoms with van der Waals surface area (Å²) >= 11 is 1.46. The highest BCUT2D eigenvalue weighted by Crippen LogP contribution is 2.29. The fraction of sp³-hybridized carbons (Fsp3) is 0.238.